The fraction of sp³-hybridized carbons (Fsp3) is 0.133. The molecule has 0 radical (unpaired) electrons. The standard InChI is InChI=1S/C15H9ClN2O3/c16-9-3-1-2-8-12(9)18-13(14(8)20)11-10(19)5-4-7-6-17-21-15(7)11/h1-7,15,18H. The third kappa shape index (κ3) is 1.67. The van der Waals surface area contributed by atoms with E-state index < -0.39 is 6.10 Å². The first-order chi connectivity index (χ1) is 10.2. The maximum atomic E-state index is 12.5. The fourth-order valence-electron chi connectivity index (χ4n) is 2.76. The van der Waals surface area contributed by atoms with Crippen molar-refractivity contribution >= 4 is 35.1 Å². The highest BCUT2D eigenvalue weighted by Gasteiger charge is 2.41. The molecule has 2 atom stereocenters. The number of ketones is 2. The van der Waals surface area contributed by atoms with E-state index in [1.807, 2.05) is 0 Å². The van der Waals surface area contributed by atoms with Gasteiger partial charge >= 0.3 is 0 Å². The zero-order chi connectivity index (χ0) is 14.6. The minimum atomic E-state index is -0.554. The van der Waals surface area contributed by atoms with E-state index in [2.05, 4.69) is 10.5 Å². The topological polar surface area (TPSA) is 67.8 Å². The number of rotatable bonds is 0. The summed E-state index contributed by atoms with van der Waals surface area (Å²) in [6.07, 6.45) is 4.24. The lowest BCUT2D eigenvalue weighted by atomic mass is 9.86. The van der Waals surface area contributed by atoms with Gasteiger partial charge in [-0.05, 0) is 18.2 Å². The van der Waals surface area contributed by atoms with Crippen LogP contribution in [-0.2, 0) is 9.63 Å². The number of fused-ring (bicyclic) bond motifs is 2. The molecule has 104 valence electrons. The molecule has 0 fully saturated rings. The molecule has 0 bridgehead atoms. The Bertz CT molecular complexity index is 779. The molecule has 4 rings (SSSR count). The third-order valence-electron chi connectivity index (χ3n) is 3.78. The number of oxime groups is 1. The maximum Gasteiger partial charge on any atom is 0.211 e. The quantitative estimate of drug-likeness (QED) is 0.747. The average molecular weight is 301 g/mol. The number of Topliss-reactive ketones (excluding diaryl/α,β-unsaturated/α-hetero) is 1. The molecular weight excluding hydrogens is 292 g/mol. The molecule has 1 aromatic rings. The van der Waals surface area contributed by atoms with Crippen molar-refractivity contribution in [1.29, 1.82) is 0 Å². The molecule has 0 spiro atoms. The van der Waals surface area contributed by atoms with E-state index in [1.165, 1.54) is 6.08 Å². The van der Waals surface area contributed by atoms with Crippen LogP contribution >= 0.6 is 11.6 Å². The molecule has 2 aliphatic heterocycles. The van der Waals surface area contributed by atoms with Crippen LogP contribution in [0.4, 0.5) is 5.69 Å². The van der Waals surface area contributed by atoms with Crippen LogP contribution in [0.3, 0.4) is 0 Å². The van der Waals surface area contributed by atoms with E-state index in [1.54, 1.807) is 30.5 Å². The van der Waals surface area contributed by atoms with Crippen molar-refractivity contribution in [1.82, 2.24) is 0 Å². The Kier molecular flexibility index (Phi) is 2.53. The van der Waals surface area contributed by atoms with Gasteiger partial charge in [0, 0.05) is 5.56 Å². The number of carbonyl (C=O) groups excluding carboxylic acids is 2. The summed E-state index contributed by atoms with van der Waals surface area (Å²) < 4.78 is 0. The van der Waals surface area contributed by atoms with Gasteiger partial charge in [-0.25, -0.2) is 0 Å². The average Bonchev–Trinajstić information content (AvgIpc) is 3.06. The van der Waals surface area contributed by atoms with Crippen molar-refractivity contribution in [3.63, 3.8) is 0 Å². The number of para-hydroxylation sites is 1. The van der Waals surface area contributed by atoms with E-state index in [9.17, 15) is 9.59 Å². The number of benzene rings is 1. The fourth-order valence-corrected chi connectivity index (χ4v) is 2.98. The highest BCUT2D eigenvalue weighted by molar-refractivity contribution is 6.36. The van der Waals surface area contributed by atoms with Crippen LogP contribution in [0.5, 0.6) is 0 Å². The molecule has 1 aromatic carbocycles. The molecule has 0 saturated carbocycles. The SMILES string of the molecule is O=C1C=CC2C=NOC2C1=C1Nc2c(Cl)cccc2C1=O. The summed E-state index contributed by atoms with van der Waals surface area (Å²) >= 11 is 6.09. The van der Waals surface area contributed by atoms with Gasteiger partial charge in [-0.2, -0.15) is 0 Å². The van der Waals surface area contributed by atoms with Gasteiger partial charge in [0.15, 0.2) is 11.9 Å². The lowest BCUT2D eigenvalue weighted by Gasteiger charge is -2.21. The van der Waals surface area contributed by atoms with Crippen LogP contribution in [0.25, 0.3) is 0 Å². The predicted molar refractivity (Wildman–Crippen MR) is 77.4 cm³/mol. The molecule has 2 unspecified atom stereocenters. The van der Waals surface area contributed by atoms with Gasteiger partial charge < -0.3 is 10.2 Å². The summed E-state index contributed by atoms with van der Waals surface area (Å²) in [6, 6.07) is 5.07. The second kappa shape index (κ2) is 4.30. The third-order valence-corrected chi connectivity index (χ3v) is 4.10. The van der Waals surface area contributed by atoms with Crippen LogP contribution in [0.2, 0.25) is 5.02 Å². The number of halogens is 1. The van der Waals surface area contributed by atoms with Crippen molar-refractivity contribution in [2.24, 2.45) is 11.1 Å². The van der Waals surface area contributed by atoms with Gasteiger partial charge in [0.25, 0.3) is 0 Å². The van der Waals surface area contributed by atoms with Gasteiger partial charge in [-0.15, -0.1) is 0 Å². The van der Waals surface area contributed by atoms with Crippen molar-refractivity contribution in [2.75, 3.05) is 5.32 Å². The smallest absolute Gasteiger partial charge is 0.211 e. The molecule has 1 aliphatic carbocycles. The number of carbonyl (C=O) groups is 2. The molecule has 21 heavy (non-hydrogen) atoms. The van der Waals surface area contributed by atoms with Gasteiger partial charge in [-0.1, -0.05) is 28.9 Å². The maximum absolute atomic E-state index is 12.5. The Morgan fingerprint density at radius 2 is 2.14 bits per heavy atom. The molecule has 2 heterocycles. The number of allylic oxidation sites excluding steroid dienone is 2. The van der Waals surface area contributed by atoms with E-state index in [4.69, 9.17) is 16.4 Å². The second-order valence-electron chi connectivity index (χ2n) is 4.99. The summed E-state index contributed by atoms with van der Waals surface area (Å²) in [5, 5.41) is 7.16. The summed E-state index contributed by atoms with van der Waals surface area (Å²) in [5.74, 6) is -0.624. The van der Waals surface area contributed by atoms with Crippen molar-refractivity contribution in [3.05, 3.63) is 52.2 Å². The molecule has 0 aromatic heterocycles. The Morgan fingerprint density at radius 1 is 1.29 bits per heavy atom. The minimum Gasteiger partial charge on any atom is -0.387 e. The zero-order valence-electron chi connectivity index (χ0n) is 10.7. The van der Waals surface area contributed by atoms with Crippen LogP contribution in [-0.4, -0.2) is 23.9 Å². The summed E-state index contributed by atoms with van der Waals surface area (Å²) in [6.45, 7) is 0. The molecule has 0 saturated heterocycles. The van der Waals surface area contributed by atoms with Crippen molar-refractivity contribution < 1.29 is 14.4 Å². The lowest BCUT2D eigenvalue weighted by Crippen LogP contribution is -2.31. The van der Waals surface area contributed by atoms with Gasteiger partial charge in [0.05, 0.1) is 34.1 Å². The predicted octanol–water partition coefficient (Wildman–Crippen LogP) is 2.34. The number of nitrogens with zero attached hydrogens (tertiary/aromatic N) is 1. The van der Waals surface area contributed by atoms with Gasteiger partial charge in [-0.3, -0.25) is 9.59 Å². The van der Waals surface area contributed by atoms with Crippen molar-refractivity contribution in [2.45, 2.75) is 6.10 Å². The molecular formula is C15H9ClN2O3. The van der Waals surface area contributed by atoms with Gasteiger partial charge in [0.2, 0.25) is 5.78 Å². The molecule has 1 N–H and O–H groups in total. The first kappa shape index (κ1) is 12.3. The number of anilines is 1. The van der Waals surface area contributed by atoms with Crippen LogP contribution < -0.4 is 5.32 Å². The Labute approximate surface area is 124 Å². The molecule has 0 amide bonds. The van der Waals surface area contributed by atoms with E-state index >= 15 is 0 Å². The number of hydrogen-bond donors (Lipinski definition) is 1. The second-order valence-corrected chi connectivity index (χ2v) is 5.39. The van der Waals surface area contributed by atoms with E-state index in [0.29, 0.717) is 21.8 Å². The van der Waals surface area contributed by atoms with Crippen LogP contribution in [0.15, 0.2) is 46.8 Å². The number of nitrogens with one attached hydrogen (secondary N) is 1. The van der Waals surface area contributed by atoms with Crippen LogP contribution in [0.1, 0.15) is 10.4 Å². The normalized spacial score (nSPS) is 29.2. The first-order valence-corrected chi connectivity index (χ1v) is 6.81. The summed E-state index contributed by atoms with van der Waals surface area (Å²) in [4.78, 5) is 30.0. The zero-order valence-corrected chi connectivity index (χ0v) is 11.4. The summed E-state index contributed by atoms with van der Waals surface area (Å²) in [5.41, 5.74) is 1.53. The molecule has 3 aliphatic rings. The Balaban J connectivity index is 1.87. The highest BCUT2D eigenvalue weighted by atomic mass is 35.5. The minimum absolute atomic E-state index is 0.126. The van der Waals surface area contributed by atoms with E-state index in [0.717, 1.165) is 0 Å². The van der Waals surface area contributed by atoms with Crippen molar-refractivity contribution in [3.8, 4) is 0 Å². The Morgan fingerprint density at radius 3 is 2.95 bits per heavy atom. The molecule has 5 nitrogen and oxygen atoms in total. The highest BCUT2D eigenvalue weighted by Crippen LogP contribution is 2.38. The lowest BCUT2D eigenvalue weighted by molar-refractivity contribution is -0.113. The summed E-state index contributed by atoms with van der Waals surface area (Å²) in [7, 11) is 0. The monoisotopic (exact) mass is 300 g/mol. The molecule has 6 heteroatoms. The van der Waals surface area contributed by atoms with Crippen LogP contribution in [0, 0.1) is 5.92 Å². The largest absolute Gasteiger partial charge is 0.387 e. The number of hydrogen-bond acceptors (Lipinski definition) is 5. The van der Waals surface area contributed by atoms with E-state index in [-0.39, 0.29) is 23.2 Å². The first-order valence-electron chi connectivity index (χ1n) is 6.43. The van der Waals surface area contributed by atoms with Gasteiger partial charge in [0.1, 0.15) is 0 Å². The Hall–Kier alpha value is -2.40.